The highest BCUT2D eigenvalue weighted by molar-refractivity contribution is 8.00. The van der Waals surface area contributed by atoms with Gasteiger partial charge in [-0.2, -0.15) is 0 Å². The minimum absolute atomic E-state index is 0.228. The summed E-state index contributed by atoms with van der Waals surface area (Å²) < 4.78 is 5.29. The van der Waals surface area contributed by atoms with Crippen LogP contribution in [0.1, 0.15) is 13.8 Å². The van der Waals surface area contributed by atoms with E-state index >= 15 is 0 Å². The highest BCUT2D eigenvalue weighted by atomic mass is 32.2. The highest BCUT2D eigenvalue weighted by Crippen LogP contribution is 2.30. The standard InChI is InChI=1S/C9H18O5S/c1-4(2)15-9-8(13)7(12)6(11)5(3-10)14-9/h4-13H,3H2,1-2H3/t5?,6-,7-,8?,9-/m1/s1. The van der Waals surface area contributed by atoms with E-state index in [-0.39, 0.29) is 11.9 Å². The third kappa shape index (κ3) is 3.05. The second-order valence-corrected chi connectivity index (χ2v) is 5.56. The number of thioether (sulfide) groups is 1. The van der Waals surface area contributed by atoms with Gasteiger partial charge in [0.2, 0.25) is 0 Å². The molecule has 6 heteroatoms. The smallest absolute Gasteiger partial charge is 0.132 e. The lowest BCUT2D eigenvalue weighted by atomic mass is 10.0. The number of rotatable bonds is 3. The molecule has 1 saturated heterocycles. The number of hydrogen-bond donors (Lipinski definition) is 4. The topological polar surface area (TPSA) is 90.2 Å². The van der Waals surface area contributed by atoms with Crippen molar-refractivity contribution < 1.29 is 25.2 Å². The molecule has 0 aliphatic carbocycles. The largest absolute Gasteiger partial charge is 0.394 e. The fourth-order valence-electron chi connectivity index (χ4n) is 1.45. The molecule has 1 aliphatic heterocycles. The van der Waals surface area contributed by atoms with Crippen LogP contribution in [0, 0.1) is 0 Å². The van der Waals surface area contributed by atoms with Gasteiger partial charge < -0.3 is 25.2 Å². The van der Waals surface area contributed by atoms with Crippen LogP contribution in [-0.4, -0.2) is 62.1 Å². The normalized spacial score (nSPS) is 42.2. The molecule has 1 aliphatic rings. The molecular weight excluding hydrogens is 220 g/mol. The summed E-state index contributed by atoms with van der Waals surface area (Å²) in [5, 5.41) is 37.8. The Hall–Kier alpha value is 0.150. The van der Waals surface area contributed by atoms with Crippen LogP contribution in [0.3, 0.4) is 0 Å². The van der Waals surface area contributed by atoms with E-state index in [2.05, 4.69) is 0 Å². The fourth-order valence-corrected chi connectivity index (χ4v) is 2.51. The molecule has 0 amide bonds. The first kappa shape index (κ1) is 13.2. The first-order valence-electron chi connectivity index (χ1n) is 4.93. The van der Waals surface area contributed by atoms with E-state index in [1.165, 1.54) is 11.8 Å². The molecule has 5 nitrogen and oxygen atoms in total. The molecule has 0 aromatic heterocycles. The van der Waals surface area contributed by atoms with Crippen LogP contribution in [0.15, 0.2) is 0 Å². The molecule has 1 rings (SSSR count). The van der Waals surface area contributed by atoms with Gasteiger partial charge in [-0.05, 0) is 0 Å². The summed E-state index contributed by atoms with van der Waals surface area (Å²) in [5.74, 6) is 0. The molecule has 90 valence electrons. The van der Waals surface area contributed by atoms with Crippen molar-refractivity contribution in [3.8, 4) is 0 Å². The highest BCUT2D eigenvalue weighted by Gasteiger charge is 2.43. The van der Waals surface area contributed by atoms with Crippen molar-refractivity contribution in [2.75, 3.05) is 6.61 Å². The molecule has 0 radical (unpaired) electrons. The maximum Gasteiger partial charge on any atom is 0.132 e. The van der Waals surface area contributed by atoms with Gasteiger partial charge in [0.25, 0.3) is 0 Å². The zero-order valence-corrected chi connectivity index (χ0v) is 9.59. The SMILES string of the molecule is CC(C)S[C@H]1OC(CO)[C@@H](O)[C@@H](O)C1O. The van der Waals surface area contributed by atoms with Gasteiger partial charge in [0.05, 0.1) is 6.61 Å². The first-order chi connectivity index (χ1) is 6.97. The molecule has 0 spiro atoms. The second kappa shape index (κ2) is 5.47. The molecule has 5 atom stereocenters. The van der Waals surface area contributed by atoms with Crippen molar-refractivity contribution in [2.45, 2.75) is 48.9 Å². The zero-order chi connectivity index (χ0) is 11.6. The summed E-state index contributed by atoms with van der Waals surface area (Å²) in [6.45, 7) is 3.50. The second-order valence-electron chi connectivity index (χ2n) is 3.88. The minimum Gasteiger partial charge on any atom is -0.394 e. The molecule has 0 saturated carbocycles. The molecule has 15 heavy (non-hydrogen) atoms. The average molecular weight is 238 g/mol. The van der Waals surface area contributed by atoms with E-state index in [1.54, 1.807) is 0 Å². The zero-order valence-electron chi connectivity index (χ0n) is 8.78. The van der Waals surface area contributed by atoms with E-state index in [4.69, 9.17) is 9.84 Å². The van der Waals surface area contributed by atoms with E-state index < -0.39 is 29.9 Å². The third-order valence-corrected chi connectivity index (χ3v) is 3.46. The van der Waals surface area contributed by atoms with Gasteiger partial charge in [0, 0.05) is 5.25 Å². The predicted octanol–water partition coefficient (Wildman–Crippen LogP) is -1.07. The summed E-state index contributed by atoms with van der Waals surface area (Å²) in [6, 6.07) is 0. The number of ether oxygens (including phenoxy) is 1. The lowest BCUT2D eigenvalue weighted by Gasteiger charge is -2.40. The number of hydrogen-bond acceptors (Lipinski definition) is 6. The van der Waals surface area contributed by atoms with Gasteiger partial charge in [0.1, 0.15) is 29.9 Å². The van der Waals surface area contributed by atoms with Gasteiger partial charge in [-0.25, -0.2) is 0 Å². The van der Waals surface area contributed by atoms with Gasteiger partial charge in [0.15, 0.2) is 0 Å². The molecule has 0 aromatic rings. The number of aliphatic hydroxyl groups is 4. The van der Waals surface area contributed by atoms with Crippen LogP contribution >= 0.6 is 11.8 Å². The van der Waals surface area contributed by atoms with Crippen LogP contribution < -0.4 is 0 Å². The van der Waals surface area contributed by atoms with Crippen molar-refractivity contribution >= 4 is 11.8 Å². The van der Waals surface area contributed by atoms with E-state index in [1.807, 2.05) is 13.8 Å². The van der Waals surface area contributed by atoms with Crippen molar-refractivity contribution in [3.63, 3.8) is 0 Å². The van der Waals surface area contributed by atoms with Gasteiger partial charge in [-0.1, -0.05) is 13.8 Å². The first-order valence-corrected chi connectivity index (χ1v) is 5.87. The van der Waals surface area contributed by atoms with Crippen molar-refractivity contribution in [1.29, 1.82) is 0 Å². The average Bonchev–Trinajstić information content (AvgIpc) is 2.18. The van der Waals surface area contributed by atoms with Crippen molar-refractivity contribution in [2.24, 2.45) is 0 Å². The fraction of sp³-hybridized carbons (Fsp3) is 1.00. The van der Waals surface area contributed by atoms with Crippen LogP contribution in [-0.2, 0) is 4.74 Å². The predicted molar refractivity (Wildman–Crippen MR) is 56.5 cm³/mol. The van der Waals surface area contributed by atoms with Gasteiger partial charge in [-0.15, -0.1) is 11.8 Å². The van der Waals surface area contributed by atoms with Crippen LogP contribution in [0.5, 0.6) is 0 Å². The van der Waals surface area contributed by atoms with Crippen molar-refractivity contribution in [1.82, 2.24) is 0 Å². The molecule has 2 unspecified atom stereocenters. The lowest BCUT2D eigenvalue weighted by Crippen LogP contribution is -2.57. The van der Waals surface area contributed by atoms with Crippen LogP contribution in [0.4, 0.5) is 0 Å². The Morgan fingerprint density at radius 2 is 1.73 bits per heavy atom. The monoisotopic (exact) mass is 238 g/mol. The minimum atomic E-state index is -1.27. The third-order valence-electron chi connectivity index (χ3n) is 2.25. The molecule has 1 heterocycles. The Morgan fingerprint density at radius 1 is 1.13 bits per heavy atom. The summed E-state index contributed by atoms with van der Waals surface area (Å²) in [5.41, 5.74) is -0.611. The maximum absolute atomic E-state index is 9.63. The van der Waals surface area contributed by atoms with Crippen molar-refractivity contribution in [3.05, 3.63) is 0 Å². The van der Waals surface area contributed by atoms with Gasteiger partial charge in [-0.3, -0.25) is 0 Å². The van der Waals surface area contributed by atoms with E-state index in [9.17, 15) is 15.3 Å². The molecule has 4 N–H and O–H groups in total. The summed E-state index contributed by atoms with van der Waals surface area (Å²) >= 11 is 1.35. The Labute approximate surface area is 93.1 Å². The van der Waals surface area contributed by atoms with E-state index in [0.29, 0.717) is 0 Å². The lowest BCUT2D eigenvalue weighted by molar-refractivity contribution is -0.205. The number of aliphatic hydroxyl groups excluding tert-OH is 4. The summed E-state index contributed by atoms with van der Waals surface area (Å²) in [7, 11) is 0. The quantitative estimate of drug-likeness (QED) is 0.500. The van der Waals surface area contributed by atoms with Crippen LogP contribution in [0.25, 0.3) is 0 Å². The van der Waals surface area contributed by atoms with E-state index in [0.717, 1.165) is 0 Å². The molecular formula is C9H18O5S. The van der Waals surface area contributed by atoms with Gasteiger partial charge >= 0.3 is 0 Å². The Morgan fingerprint density at radius 3 is 2.20 bits per heavy atom. The maximum atomic E-state index is 9.63. The molecule has 1 fully saturated rings. The molecule has 0 aromatic carbocycles. The Kier molecular flexibility index (Phi) is 4.82. The summed E-state index contributed by atoms with van der Waals surface area (Å²) in [6.07, 6.45) is -4.48. The van der Waals surface area contributed by atoms with Crippen LogP contribution in [0.2, 0.25) is 0 Å². The Bertz CT molecular complexity index is 199. The summed E-state index contributed by atoms with van der Waals surface area (Å²) in [4.78, 5) is 0. The Balaban J connectivity index is 2.65. The molecule has 0 bridgehead atoms.